The van der Waals surface area contributed by atoms with Crippen molar-refractivity contribution >= 4 is 67.2 Å². The van der Waals surface area contributed by atoms with Crippen LogP contribution in [-0.4, -0.2) is 51.1 Å². The van der Waals surface area contributed by atoms with Gasteiger partial charge in [0.1, 0.15) is 22.0 Å². The normalized spacial score (nSPS) is 12.9. The van der Waals surface area contributed by atoms with Crippen LogP contribution in [0.1, 0.15) is 32.8 Å². The molecule has 4 rings (SSSR count). The average molecular weight is 883 g/mol. The second-order valence-corrected chi connectivity index (χ2v) is 14.7. The lowest BCUT2D eigenvalue weighted by atomic mass is 10.1. The van der Waals surface area contributed by atoms with Gasteiger partial charge in [0.25, 0.3) is 0 Å². The van der Waals surface area contributed by atoms with E-state index in [4.69, 9.17) is 28.4 Å². The molecule has 47 heavy (non-hydrogen) atoms. The van der Waals surface area contributed by atoms with Crippen LogP contribution in [0.2, 0.25) is 0 Å². The van der Waals surface area contributed by atoms with Gasteiger partial charge in [0, 0.05) is 0 Å². The van der Waals surface area contributed by atoms with Gasteiger partial charge in [0.05, 0.1) is 49.8 Å². The molecule has 0 saturated heterocycles. The summed E-state index contributed by atoms with van der Waals surface area (Å²) in [6, 6.07) is 21.6. The summed E-state index contributed by atoms with van der Waals surface area (Å²) in [5, 5.41) is -2.05. The van der Waals surface area contributed by atoms with Crippen molar-refractivity contribution < 1.29 is 36.8 Å². The van der Waals surface area contributed by atoms with Gasteiger partial charge in [-0.15, -0.1) is 0 Å². The molecule has 4 aromatic carbocycles. The largest absolute Gasteiger partial charge is 0.497 e. The first-order valence-corrected chi connectivity index (χ1v) is 18.1. The summed E-state index contributed by atoms with van der Waals surface area (Å²) in [5.41, 5.74) is 2.70. The predicted molar refractivity (Wildman–Crippen MR) is 203 cm³/mol. The van der Waals surface area contributed by atoms with E-state index in [0.29, 0.717) is 45.6 Å². The predicted octanol–water partition coefficient (Wildman–Crippen LogP) is 8.57. The Labute approximate surface area is 303 Å². The molecule has 2 atom stereocenters. The van der Waals surface area contributed by atoms with Gasteiger partial charge in [0.15, 0.2) is 32.8 Å². The zero-order valence-corrected chi connectivity index (χ0v) is 32.0. The van der Waals surface area contributed by atoms with Crippen LogP contribution in [0.5, 0.6) is 34.5 Å². The van der Waals surface area contributed by atoms with Crippen LogP contribution >= 0.6 is 45.2 Å². The summed E-state index contributed by atoms with van der Waals surface area (Å²) in [6.45, 7) is 0. The molecular weight excluding hydrogens is 846 g/mol. The van der Waals surface area contributed by atoms with E-state index >= 15 is 0 Å². The quantitative estimate of drug-likeness (QED) is 0.117. The van der Waals surface area contributed by atoms with E-state index in [1.165, 1.54) is 0 Å². The van der Waals surface area contributed by atoms with E-state index in [1.807, 2.05) is 24.3 Å². The molecule has 0 saturated carbocycles. The second kappa shape index (κ2) is 16.6. The number of methoxy groups -OCH3 is 6. The Morgan fingerprint density at radius 3 is 1.19 bits per heavy atom. The van der Waals surface area contributed by atoms with Crippen molar-refractivity contribution in [3.63, 3.8) is 0 Å². The number of sulfone groups is 1. The van der Waals surface area contributed by atoms with Crippen molar-refractivity contribution in [3.05, 3.63) is 114 Å². The summed E-state index contributed by atoms with van der Waals surface area (Å²) in [5.74, 6) is 3.56. The molecule has 0 heterocycles. The van der Waals surface area contributed by atoms with Gasteiger partial charge in [-0.1, -0.05) is 48.6 Å². The zero-order chi connectivity index (χ0) is 34.1. The molecule has 0 radical (unpaired) electrons. The van der Waals surface area contributed by atoms with Crippen molar-refractivity contribution in [3.8, 4) is 34.5 Å². The highest BCUT2D eigenvalue weighted by molar-refractivity contribution is 14.1. The highest BCUT2D eigenvalue weighted by Gasteiger charge is 2.34. The average Bonchev–Trinajstić information content (AvgIpc) is 3.08. The lowest BCUT2D eigenvalue weighted by molar-refractivity contribution is 0.353. The topological polar surface area (TPSA) is 89.5 Å². The monoisotopic (exact) mass is 882 g/mol. The van der Waals surface area contributed by atoms with E-state index in [-0.39, 0.29) is 0 Å². The molecule has 0 fully saturated rings. The van der Waals surface area contributed by atoms with Crippen LogP contribution in [0, 0.1) is 7.14 Å². The maximum atomic E-state index is 14.9. The van der Waals surface area contributed by atoms with Crippen molar-refractivity contribution in [2.75, 3.05) is 42.7 Å². The fourth-order valence-electron chi connectivity index (χ4n) is 5.03. The van der Waals surface area contributed by atoms with E-state index in [1.54, 1.807) is 115 Å². The smallest absolute Gasteiger partial charge is 0.174 e. The molecule has 4 aromatic rings. The molecule has 0 bridgehead atoms. The Bertz CT molecular complexity index is 1710. The summed E-state index contributed by atoms with van der Waals surface area (Å²) >= 11 is 4.34. The molecular formula is C36H36I2O8S. The molecule has 0 aliphatic rings. The van der Waals surface area contributed by atoms with Crippen LogP contribution in [-0.2, 0) is 9.84 Å². The first-order valence-electron chi connectivity index (χ1n) is 14.3. The van der Waals surface area contributed by atoms with Crippen molar-refractivity contribution in [1.29, 1.82) is 0 Å². The first-order chi connectivity index (χ1) is 22.6. The third-order valence-corrected chi connectivity index (χ3v) is 11.3. The summed E-state index contributed by atoms with van der Waals surface area (Å²) in [4.78, 5) is 0. The molecule has 0 aliphatic carbocycles. The number of halogens is 2. The van der Waals surface area contributed by atoms with Gasteiger partial charge in [0.2, 0.25) is 0 Å². The van der Waals surface area contributed by atoms with Crippen LogP contribution < -0.4 is 28.4 Å². The van der Waals surface area contributed by atoms with E-state index in [2.05, 4.69) is 45.2 Å². The highest BCUT2D eigenvalue weighted by Crippen LogP contribution is 2.40. The molecule has 0 N–H and O–H groups in total. The van der Waals surface area contributed by atoms with E-state index < -0.39 is 20.3 Å². The summed E-state index contributed by atoms with van der Waals surface area (Å²) in [7, 11) is 5.44. The van der Waals surface area contributed by atoms with Crippen LogP contribution in [0.3, 0.4) is 0 Å². The van der Waals surface area contributed by atoms with Crippen LogP contribution in [0.25, 0.3) is 12.2 Å². The van der Waals surface area contributed by atoms with Gasteiger partial charge in [-0.2, -0.15) is 0 Å². The zero-order valence-electron chi connectivity index (χ0n) is 26.8. The van der Waals surface area contributed by atoms with Crippen molar-refractivity contribution in [2.24, 2.45) is 0 Å². The van der Waals surface area contributed by atoms with Crippen LogP contribution in [0.15, 0.2) is 84.9 Å². The van der Waals surface area contributed by atoms with Gasteiger partial charge in [-0.3, -0.25) is 0 Å². The number of rotatable bonds is 14. The Hall–Kier alpha value is -3.43. The number of ether oxygens (including phenoxy) is 6. The highest BCUT2D eigenvalue weighted by atomic mass is 127. The first kappa shape index (κ1) is 36.4. The summed E-state index contributed by atoms with van der Waals surface area (Å²) in [6.07, 6.45) is 7.00. The number of benzene rings is 4. The molecule has 248 valence electrons. The SMILES string of the molecule is COc1ccc(C(C=Cc2cc(I)c(OC)c(OC)c2)S(=O)(=O)C(C=Cc2cc(I)c(OC)c(OC)c2)c2ccc(OC)cc2)cc1. The number of hydrogen-bond acceptors (Lipinski definition) is 8. The third-order valence-electron chi connectivity index (χ3n) is 7.44. The summed E-state index contributed by atoms with van der Waals surface area (Å²) < 4.78 is 64.3. The third kappa shape index (κ3) is 8.54. The van der Waals surface area contributed by atoms with Crippen molar-refractivity contribution in [2.45, 2.75) is 10.5 Å². The van der Waals surface area contributed by atoms with Crippen LogP contribution in [0.4, 0.5) is 0 Å². The molecule has 11 heteroatoms. The Morgan fingerprint density at radius 1 is 0.532 bits per heavy atom. The molecule has 0 aromatic heterocycles. The Balaban J connectivity index is 1.88. The maximum absolute atomic E-state index is 14.9. The standard InChI is InChI=1S/C36H36I2O8S/c1-41-27-13-9-25(10-14-27)33(17-7-23-19-29(37)35(45-5)31(21-23)43-3)47(39,40)34(26-11-15-28(42-2)16-12-26)18-8-24-20-30(38)36(46-6)32(22-24)44-4/h7-22,33-34H,1-6H3. The minimum absolute atomic E-state index is 0.548. The minimum atomic E-state index is -4.00. The van der Waals surface area contributed by atoms with Gasteiger partial charge in [-0.05, 0) is 116 Å². The Morgan fingerprint density at radius 2 is 0.894 bits per heavy atom. The van der Waals surface area contributed by atoms with E-state index in [9.17, 15) is 8.42 Å². The lowest BCUT2D eigenvalue weighted by Crippen LogP contribution is -2.19. The molecule has 0 spiro atoms. The number of hydrogen-bond donors (Lipinski definition) is 0. The fraction of sp³-hybridized carbons (Fsp3) is 0.222. The molecule has 0 aliphatic heterocycles. The molecule has 2 unspecified atom stereocenters. The van der Waals surface area contributed by atoms with Gasteiger partial charge in [-0.25, -0.2) is 8.42 Å². The minimum Gasteiger partial charge on any atom is -0.497 e. The second-order valence-electron chi connectivity index (χ2n) is 10.2. The Kier molecular flexibility index (Phi) is 12.9. The molecule has 8 nitrogen and oxygen atoms in total. The van der Waals surface area contributed by atoms with Gasteiger partial charge < -0.3 is 28.4 Å². The van der Waals surface area contributed by atoms with E-state index in [0.717, 1.165) is 18.3 Å². The molecule has 0 amide bonds. The lowest BCUT2D eigenvalue weighted by Gasteiger charge is -2.22. The van der Waals surface area contributed by atoms with Crippen molar-refractivity contribution in [1.82, 2.24) is 0 Å². The maximum Gasteiger partial charge on any atom is 0.174 e. The van der Waals surface area contributed by atoms with Gasteiger partial charge >= 0.3 is 0 Å². The fourth-order valence-corrected chi connectivity index (χ4v) is 8.71.